The number of hydrogen-bond donors (Lipinski definition) is 3. The molecule has 21 heavy (non-hydrogen) atoms. The molecule has 0 saturated carbocycles. The number of carbonyl (C=O) groups is 2. The zero-order valence-corrected chi connectivity index (χ0v) is 12.7. The number of nitrogens with one attached hydrogen (secondary N) is 3. The largest absolute Gasteiger partial charge is 0.380 e. The molecule has 1 aliphatic rings. The van der Waals surface area contributed by atoms with Crippen LogP contribution in [0.1, 0.15) is 16.8 Å². The van der Waals surface area contributed by atoms with Crippen molar-refractivity contribution in [3.05, 3.63) is 28.8 Å². The molecule has 2 unspecified atom stereocenters. The van der Waals surface area contributed by atoms with E-state index in [9.17, 15) is 9.59 Å². The zero-order valence-electron chi connectivity index (χ0n) is 11.9. The number of carbonyl (C=O) groups excluding carboxylic acids is 2. The summed E-state index contributed by atoms with van der Waals surface area (Å²) in [5.74, 6) is -0.425. The first kappa shape index (κ1) is 15.8. The summed E-state index contributed by atoms with van der Waals surface area (Å²) in [6.07, 6.45) is 0.642. The highest BCUT2D eigenvalue weighted by atomic mass is 35.5. The maximum absolute atomic E-state index is 12.2. The zero-order chi connectivity index (χ0) is 15.4. The predicted molar refractivity (Wildman–Crippen MR) is 80.7 cm³/mol. The van der Waals surface area contributed by atoms with E-state index in [2.05, 4.69) is 16.0 Å². The van der Waals surface area contributed by atoms with Crippen molar-refractivity contribution < 1.29 is 14.3 Å². The second-order valence-corrected chi connectivity index (χ2v) is 5.22. The molecule has 114 valence electrons. The molecular formula is C14H18ClN3O3. The quantitative estimate of drug-likeness (QED) is 0.775. The van der Waals surface area contributed by atoms with Crippen LogP contribution in [0, 0.1) is 0 Å². The third-order valence-corrected chi connectivity index (χ3v) is 3.78. The number of halogens is 1. The monoisotopic (exact) mass is 311 g/mol. The van der Waals surface area contributed by atoms with Gasteiger partial charge < -0.3 is 20.7 Å². The lowest BCUT2D eigenvalue weighted by Gasteiger charge is -2.13. The number of rotatable bonds is 4. The van der Waals surface area contributed by atoms with Gasteiger partial charge in [0.2, 0.25) is 5.91 Å². The molecule has 1 saturated heterocycles. The molecule has 2 rings (SSSR count). The van der Waals surface area contributed by atoms with Gasteiger partial charge in [0.1, 0.15) is 0 Å². The molecule has 6 nitrogen and oxygen atoms in total. The van der Waals surface area contributed by atoms with Gasteiger partial charge in [0.15, 0.2) is 0 Å². The van der Waals surface area contributed by atoms with Crippen LogP contribution in [0.15, 0.2) is 18.2 Å². The molecule has 0 spiro atoms. The fourth-order valence-electron chi connectivity index (χ4n) is 2.21. The van der Waals surface area contributed by atoms with Crippen LogP contribution in [-0.2, 0) is 9.53 Å². The van der Waals surface area contributed by atoms with Crippen LogP contribution in [0.5, 0.6) is 0 Å². The van der Waals surface area contributed by atoms with E-state index >= 15 is 0 Å². The van der Waals surface area contributed by atoms with Crippen molar-refractivity contribution >= 4 is 29.1 Å². The van der Waals surface area contributed by atoms with Crippen molar-refractivity contribution in [2.24, 2.45) is 0 Å². The molecule has 2 atom stereocenters. The van der Waals surface area contributed by atoms with Gasteiger partial charge in [-0.15, -0.1) is 0 Å². The van der Waals surface area contributed by atoms with Gasteiger partial charge in [-0.3, -0.25) is 9.59 Å². The molecule has 1 fully saturated rings. The first-order valence-corrected chi connectivity index (χ1v) is 7.01. The summed E-state index contributed by atoms with van der Waals surface area (Å²) in [7, 11) is 3.17. The van der Waals surface area contributed by atoms with E-state index in [1.54, 1.807) is 32.4 Å². The highest BCUT2D eigenvalue weighted by Crippen LogP contribution is 2.24. The van der Waals surface area contributed by atoms with Gasteiger partial charge >= 0.3 is 0 Å². The first-order chi connectivity index (χ1) is 10.0. The Bertz CT molecular complexity index is 550. The summed E-state index contributed by atoms with van der Waals surface area (Å²) >= 11 is 6.06. The van der Waals surface area contributed by atoms with E-state index in [0.717, 1.165) is 0 Å². The maximum Gasteiger partial charge on any atom is 0.251 e. The van der Waals surface area contributed by atoms with Crippen molar-refractivity contribution in [2.45, 2.75) is 18.6 Å². The number of anilines is 1. The van der Waals surface area contributed by atoms with Gasteiger partial charge in [-0.05, 0) is 24.6 Å². The van der Waals surface area contributed by atoms with Crippen LogP contribution in [0.25, 0.3) is 0 Å². The van der Waals surface area contributed by atoms with Gasteiger partial charge in [0.25, 0.3) is 5.91 Å². The highest BCUT2D eigenvalue weighted by Gasteiger charge is 2.29. The fraction of sp³-hybridized carbons (Fsp3) is 0.429. The van der Waals surface area contributed by atoms with Crippen LogP contribution in [0.3, 0.4) is 0 Å². The Hall–Kier alpha value is -1.63. The van der Waals surface area contributed by atoms with Crippen molar-refractivity contribution in [3.8, 4) is 0 Å². The molecule has 2 amide bonds. The van der Waals surface area contributed by atoms with Crippen molar-refractivity contribution in [1.82, 2.24) is 10.6 Å². The normalized spacial score (nSPS) is 21.1. The minimum atomic E-state index is -0.324. The minimum absolute atomic E-state index is 0.0356. The van der Waals surface area contributed by atoms with E-state index < -0.39 is 0 Å². The number of hydrogen-bond acceptors (Lipinski definition) is 4. The van der Waals surface area contributed by atoms with E-state index in [1.807, 2.05) is 0 Å². The Labute approximate surface area is 128 Å². The number of benzene rings is 1. The molecule has 0 aromatic heterocycles. The topological polar surface area (TPSA) is 79.5 Å². The minimum Gasteiger partial charge on any atom is -0.380 e. The number of methoxy groups -OCH3 is 1. The number of amides is 2. The van der Waals surface area contributed by atoms with Gasteiger partial charge in [-0.2, -0.15) is 0 Å². The molecule has 1 aromatic carbocycles. The van der Waals surface area contributed by atoms with Gasteiger partial charge in [-0.25, -0.2) is 0 Å². The van der Waals surface area contributed by atoms with Crippen molar-refractivity contribution in [3.63, 3.8) is 0 Å². The van der Waals surface area contributed by atoms with Crippen LogP contribution < -0.4 is 16.0 Å². The Morgan fingerprint density at radius 2 is 2.19 bits per heavy atom. The molecule has 1 heterocycles. The Morgan fingerprint density at radius 3 is 2.81 bits per heavy atom. The van der Waals surface area contributed by atoms with Crippen LogP contribution in [-0.4, -0.2) is 44.7 Å². The standard InChI is InChI=1S/C14H18ClN3O3/c1-16-13(19)8-3-4-10(15)11(5-8)18-14(20)12-6-9(21-2)7-17-12/h3-5,9,12,17H,6-7H2,1-2H3,(H,16,19)(H,18,20). The van der Waals surface area contributed by atoms with Gasteiger partial charge in [0, 0.05) is 26.3 Å². The van der Waals surface area contributed by atoms with E-state index in [4.69, 9.17) is 16.3 Å². The van der Waals surface area contributed by atoms with E-state index in [0.29, 0.717) is 29.2 Å². The third kappa shape index (κ3) is 3.72. The van der Waals surface area contributed by atoms with Gasteiger partial charge in [-0.1, -0.05) is 11.6 Å². The molecule has 0 aliphatic carbocycles. The van der Waals surface area contributed by atoms with Crippen LogP contribution >= 0.6 is 11.6 Å². The van der Waals surface area contributed by atoms with Crippen LogP contribution in [0.2, 0.25) is 5.02 Å². The summed E-state index contributed by atoms with van der Waals surface area (Å²) in [6, 6.07) is 4.42. The van der Waals surface area contributed by atoms with Crippen molar-refractivity contribution in [2.75, 3.05) is 26.0 Å². The summed E-state index contributed by atoms with van der Waals surface area (Å²) in [6.45, 7) is 0.639. The second kappa shape index (κ2) is 6.89. The van der Waals surface area contributed by atoms with Crippen molar-refractivity contribution in [1.29, 1.82) is 0 Å². The molecular weight excluding hydrogens is 294 g/mol. The maximum atomic E-state index is 12.2. The van der Waals surface area contributed by atoms with Crippen LogP contribution in [0.4, 0.5) is 5.69 Å². The highest BCUT2D eigenvalue weighted by molar-refractivity contribution is 6.34. The lowest BCUT2D eigenvalue weighted by atomic mass is 10.1. The van der Waals surface area contributed by atoms with E-state index in [-0.39, 0.29) is 24.0 Å². The SMILES string of the molecule is CNC(=O)c1ccc(Cl)c(NC(=O)C2CC(OC)CN2)c1. The Balaban J connectivity index is 2.08. The predicted octanol–water partition coefficient (Wildman–Crippen LogP) is 1.01. The Kier molecular flexibility index (Phi) is 5.17. The Morgan fingerprint density at radius 1 is 1.43 bits per heavy atom. The second-order valence-electron chi connectivity index (χ2n) is 4.82. The molecule has 0 bridgehead atoms. The fourth-order valence-corrected chi connectivity index (χ4v) is 2.37. The summed E-state index contributed by atoms with van der Waals surface area (Å²) in [4.78, 5) is 23.8. The molecule has 3 N–H and O–H groups in total. The summed E-state index contributed by atoms with van der Waals surface area (Å²) in [5.41, 5.74) is 0.858. The van der Waals surface area contributed by atoms with Gasteiger partial charge in [0.05, 0.1) is 22.9 Å². The first-order valence-electron chi connectivity index (χ1n) is 6.63. The smallest absolute Gasteiger partial charge is 0.251 e. The molecule has 1 aliphatic heterocycles. The third-order valence-electron chi connectivity index (χ3n) is 3.45. The summed E-state index contributed by atoms with van der Waals surface area (Å²) in [5, 5.41) is 8.75. The number of ether oxygens (including phenoxy) is 1. The lowest BCUT2D eigenvalue weighted by Crippen LogP contribution is -2.35. The van der Waals surface area contributed by atoms with E-state index in [1.165, 1.54) is 0 Å². The lowest BCUT2D eigenvalue weighted by molar-refractivity contribution is -0.118. The summed E-state index contributed by atoms with van der Waals surface area (Å²) < 4.78 is 5.21. The molecule has 0 radical (unpaired) electrons. The molecule has 7 heteroatoms. The molecule has 1 aromatic rings. The average Bonchev–Trinajstić information content (AvgIpc) is 2.97. The average molecular weight is 312 g/mol.